The van der Waals surface area contributed by atoms with Gasteiger partial charge < -0.3 is 10.6 Å². The molecule has 1 aliphatic heterocycles. The molecule has 2 heterocycles. The third-order valence-corrected chi connectivity index (χ3v) is 5.55. The van der Waals surface area contributed by atoms with Crippen LogP contribution in [-0.4, -0.2) is 44.9 Å². The zero-order valence-electron chi connectivity index (χ0n) is 15.5. The molecule has 28 heavy (non-hydrogen) atoms. The lowest BCUT2D eigenvalue weighted by molar-refractivity contribution is -0.137. The van der Waals surface area contributed by atoms with E-state index in [1.165, 1.54) is 10.7 Å². The monoisotopic (exact) mass is 393 g/mol. The SMILES string of the molecule is CC1CC(CN)CN1C(=O)c1nnn(-c2cccc(C(F)(F)F)c2)c1C1CC1. The second kappa shape index (κ2) is 6.88. The number of nitrogens with two attached hydrogens (primary N) is 1. The molecule has 1 amide bonds. The van der Waals surface area contributed by atoms with Crippen LogP contribution in [0.25, 0.3) is 5.69 Å². The fraction of sp³-hybridized carbons (Fsp3) is 0.526. The quantitative estimate of drug-likeness (QED) is 0.866. The normalized spacial score (nSPS) is 22.7. The fourth-order valence-electron chi connectivity index (χ4n) is 3.90. The summed E-state index contributed by atoms with van der Waals surface area (Å²) >= 11 is 0. The van der Waals surface area contributed by atoms with Crippen molar-refractivity contribution in [1.82, 2.24) is 19.9 Å². The standard InChI is InChI=1S/C19H22F3N5O/c1-11-7-12(9-23)10-26(11)18(28)16-17(13-5-6-13)27(25-24-16)15-4-2-3-14(8-15)19(20,21)22/h2-4,8,11-13H,5-7,9-10,23H2,1H3. The van der Waals surface area contributed by atoms with Gasteiger partial charge in [-0.1, -0.05) is 11.3 Å². The Labute approximate surface area is 160 Å². The summed E-state index contributed by atoms with van der Waals surface area (Å²) in [6.45, 7) is 3.05. The van der Waals surface area contributed by atoms with Crippen molar-refractivity contribution in [3.05, 3.63) is 41.2 Å². The molecular formula is C19H22F3N5O. The van der Waals surface area contributed by atoms with E-state index >= 15 is 0 Å². The first-order chi connectivity index (χ1) is 13.3. The van der Waals surface area contributed by atoms with Gasteiger partial charge >= 0.3 is 6.18 Å². The van der Waals surface area contributed by atoms with Gasteiger partial charge in [-0.25, -0.2) is 4.68 Å². The molecule has 9 heteroatoms. The number of alkyl halides is 3. The van der Waals surface area contributed by atoms with E-state index in [0.717, 1.165) is 31.4 Å². The molecule has 4 rings (SSSR count). The number of halogens is 3. The summed E-state index contributed by atoms with van der Waals surface area (Å²) in [5.74, 6) is 0.122. The number of hydrogen-bond donors (Lipinski definition) is 1. The van der Waals surface area contributed by atoms with Gasteiger partial charge in [-0.3, -0.25) is 4.79 Å². The van der Waals surface area contributed by atoms with Crippen LogP contribution in [0.4, 0.5) is 13.2 Å². The lowest BCUT2D eigenvalue weighted by Gasteiger charge is -2.21. The molecule has 2 fully saturated rings. The summed E-state index contributed by atoms with van der Waals surface area (Å²) in [6.07, 6.45) is -1.87. The Kier molecular flexibility index (Phi) is 4.65. The van der Waals surface area contributed by atoms with Gasteiger partial charge in [-0.05, 0) is 56.8 Å². The average Bonchev–Trinajstić information content (AvgIpc) is 3.29. The second-order valence-electron chi connectivity index (χ2n) is 7.70. The van der Waals surface area contributed by atoms with Crippen molar-refractivity contribution in [1.29, 1.82) is 0 Å². The molecule has 1 aromatic heterocycles. The third-order valence-electron chi connectivity index (χ3n) is 5.55. The largest absolute Gasteiger partial charge is 0.416 e. The minimum Gasteiger partial charge on any atom is -0.334 e. The van der Waals surface area contributed by atoms with Gasteiger partial charge in [0, 0.05) is 18.5 Å². The lowest BCUT2D eigenvalue weighted by atomic mass is 10.1. The Bertz CT molecular complexity index is 890. The molecular weight excluding hydrogens is 371 g/mol. The molecule has 1 saturated carbocycles. The maximum absolute atomic E-state index is 13.1. The zero-order valence-corrected chi connectivity index (χ0v) is 15.5. The molecule has 2 aromatic rings. The van der Waals surface area contributed by atoms with Crippen molar-refractivity contribution in [2.45, 2.75) is 44.3 Å². The zero-order chi connectivity index (χ0) is 20.1. The van der Waals surface area contributed by atoms with Crippen LogP contribution in [-0.2, 0) is 6.18 Å². The second-order valence-corrected chi connectivity index (χ2v) is 7.70. The smallest absolute Gasteiger partial charge is 0.334 e. The highest BCUT2D eigenvalue weighted by molar-refractivity contribution is 5.94. The predicted molar refractivity (Wildman–Crippen MR) is 96.0 cm³/mol. The molecule has 0 spiro atoms. The first-order valence-electron chi connectivity index (χ1n) is 9.44. The van der Waals surface area contributed by atoms with Gasteiger partial charge in [-0.2, -0.15) is 13.2 Å². The molecule has 150 valence electrons. The number of hydrogen-bond acceptors (Lipinski definition) is 4. The lowest BCUT2D eigenvalue weighted by Crippen LogP contribution is -2.35. The van der Waals surface area contributed by atoms with E-state index in [9.17, 15) is 18.0 Å². The van der Waals surface area contributed by atoms with E-state index in [4.69, 9.17) is 5.73 Å². The summed E-state index contributed by atoms with van der Waals surface area (Å²) in [6, 6.07) is 4.99. The van der Waals surface area contributed by atoms with Crippen molar-refractivity contribution in [3.8, 4) is 5.69 Å². The van der Waals surface area contributed by atoms with Gasteiger partial charge in [0.2, 0.25) is 0 Å². The van der Waals surface area contributed by atoms with Crippen LogP contribution in [0, 0.1) is 5.92 Å². The van der Waals surface area contributed by atoms with Crippen molar-refractivity contribution in [3.63, 3.8) is 0 Å². The molecule has 1 aromatic carbocycles. The number of carbonyl (C=O) groups is 1. The van der Waals surface area contributed by atoms with Gasteiger partial charge in [-0.15, -0.1) is 5.10 Å². The fourth-order valence-corrected chi connectivity index (χ4v) is 3.90. The molecule has 0 bridgehead atoms. The van der Waals surface area contributed by atoms with E-state index in [1.807, 2.05) is 6.92 Å². The summed E-state index contributed by atoms with van der Waals surface area (Å²) in [7, 11) is 0. The number of amides is 1. The number of rotatable bonds is 4. The van der Waals surface area contributed by atoms with Crippen LogP contribution in [0.15, 0.2) is 24.3 Å². The van der Waals surface area contributed by atoms with E-state index in [1.54, 1.807) is 11.0 Å². The number of nitrogens with zero attached hydrogens (tertiary/aromatic N) is 4. The highest BCUT2D eigenvalue weighted by Gasteiger charge is 2.39. The third kappa shape index (κ3) is 3.39. The first kappa shape index (κ1) is 18.9. The topological polar surface area (TPSA) is 77.0 Å². The van der Waals surface area contributed by atoms with E-state index in [2.05, 4.69) is 10.3 Å². The number of carbonyl (C=O) groups excluding carboxylic acids is 1. The minimum atomic E-state index is -4.45. The molecule has 6 nitrogen and oxygen atoms in total. The van der Waals surface area contributed by atoms with Gasteiger partial charge in [0.1, 0.15) is 0 Å². The van der Waals surface area contributed by atoms with Crippen LogP contribution in [0.1, 0.15) is 53.8 Å². The van der Waals surface area contributed by atoms with Crippen LogP contribution in [0.5, 0.6) is 0 Å². The summed E-state index contributed by atoms with van der Waals surface area (Å²) in [5, 5.41) is 8.14. The van der Waals surface area contributed by atoms with Crippen molar-refractivity contribution < 1.29 is 18.0 Å². The average molecular weight is 393 g/mol. The van der Waals surface area contributed by atoms with Crippen LogP contribution in [0.3, 0.4) is 0 Å². The first-order valence-corrected chi connectivity index (χ1v) is 9.44. The Morgan fingerprint density at radius 3 is 2.68 bits per heavy atom. The Morgan fingerprint density at radius 2 is 2.07 bits per heavy atom. The highest BCUT2D eigenvalue weighted by Crippen LogP contribution is 2.43. The summed E-state index contributed by atoms with van der Waals surface area (Å²) in [5.41, 5.74) is 6.10. The number of aromatic nitrogens is 3. The van der Waals surface area contributed by atoms with Crippen LogP contribution in [0.2, 0.25) is 0 Å². The van der Waals surface area contributed by atoms with Crippen molar-refractivity contribution >= 4 is 5.91 Å². The Balaban J connectivity index is 1.71. The van der Waals surface area contributed by atoms with Crippen LogP contribution >= 0.6 is 0 Å². The number of benzene rings is 1. The van der Waals surface area contributed by atoms with Gasteiger partial charge in [0.15, 0.2) is 5.69 Å². The van der Waals surface area contributed by atoms with Crippen molar-refractivity contribution in [2.75, 3.05) is 13.1 Å². The molecule has 2 N–H and O–H groups in total. The van der Waals surface area contributed by atoms with Crippen molar-refractivity contribution in [2.24, 2.45) is 11.7 Å². The molecule has 1 saturated heterocycles. The summed E-state index contributed by atoms with van der Waals surface area (Å²) < 4.78 is 40.7. The van der Waals surface area contributed by atoms with E-state index < -0.39 is 11.7 Å². The predicted octanol–water partition coefficient (Wildman–Crippen LogP) is 2.97. The molecule has 0 radical (unpaired) electrons. The Hall–Kier alpha value is -2.42. The van der Waals surface area contributed by atoms with Crippen LogP contribution < -0.4 is 5.73 Å². The van der Waals surface area contributed by atoms with Gasteiger partial charge in [0.05, 0.1) is 16.9 Å². The Morgan fingerprint density at radius 1 is 1.32 bits per heavy atom. The van der Waals surface area contributed by atoms with Gasteiger partial charge in [0.25, 0.3) is 5.91 Å². The molecule has 2 aliphatic rings. The molecule has 2 atom stereocenters. The maximum Gasteiger partial charge on any atom is 0.416 e. The minimum absolute atomic E-state index is 0.0480. The van der Waals surface area contributed by atoms with E-state index in [0.29, 0.717) is 18.8 Å². The molecule has 1 aliphatic carbocycles. The molecule has 2 unspecified atom stereocenters. The number of likely N-dealkylation sites (tertiary alicyclic amines) is 1. The van der Waals surface area contributed by atoms with E-state index in [-0.39, 0.29) is 35.2 Å². The maximum atomic E-state index is 13.1. The highest BCUT2D eigenvalue weighted by atomic mass is 19.4. The summed E-state index contributed by atoms with van der Waals surface area (Å²) in [4.78, 5) is 14.9.